The molecule has 0 aromatic heterocycles. The van der Waals surface area contributed by atoms with E-state index in [4.69, 9.17) is 0 Å². The Morgan fingerprint density at radius 1 is 1.00 bits per heavy atom. The summed E-state index contributed by atoms with van der Waals surface area (Å²) >= 11 is 3.35. The van der Waals surface area contributed by atoms with Gasteiger partial charge in [-0.25, -0.2) is 0 Å². The number of carbonyl (C=O) groups excluding carboxylic acids is 1. The molecule has 1 N–H and O–H groups in total. The van der Waals surface area contributed by atoms with Crippen molar-refractivity contribution in [3.63, 3.8) is 0 Å². The fourth-order valence-corrected chi connectivity index (χ4v) is 1.72. The third-order valence-corrected chi connectivity index (χ3v) is 2.87. The first-order valence-electron chi connectivity index (χ1n) is 5.54. The van der Waals surface area contributed by atoms with Gasteiger partial charge in [0.15, 0.2) is 0 Å². The van der Waals surface area contributed by atoms with Crippen LogP contribution in [0.5, 0.6) is 0 Å². The van der Waals surface area contributed by atoms with Crippen LogP contribution in [0.4, 0.5) is 5.69 Å². The van der Waals surface area contributed by atoms with E-state index in [0.29, 0.717) is 0 Å². The van der Waals surface area contributed by atoms with Gasteiger partial charge in [0.1, 0.15) is 0 Å². The van der Waals surface area contributed by atoms with E-state index in [2.05, 4.69) is 21.2 Å². The minimum absolute atomic E-state index is 0.138. The molecule has 3 heteroatoms. The van der Waals surface area contributed by atoms with Gasteiger partial charge in [-0.3, -0.25) is 4.79 Å². The first-order valence-corrected chi connectivity index (χ1v) is 6.33. The van der Waals surface area contributed by atoms with Crippen molar-refractivity contribution in [2.24, 2.45) is 0 Å². The Bertz CT molecular complexity index is 546. The average Bonchev–Trinajstić information content (AvgIpc) is 2.40. The van der Waals surface area contributed by atoms with Crippen LogP contribution < -0.4 is 5.32 Å². The van der Waals surface area contributed by atoms with Crippen LogP contribution in [0.2, 0.25) is 0 Å². The Kier molecular flexibility index (Phi) is 4.31. The summed E-state index contributed by atoms with van der Waals surface area (Å²) < 4.78 is 0.986. The van der Waals surface area contributed by atoms with Crippen LogP contribution in [0.3, 0.4) is 0 Å². The predicted octanol–water partition coefficient (Wildman–Crippen LogP) is 4.10. The summed E-state index contributed by atoms with van der Waals surface area (Å²) in [5, 5.41) is 2.79. The summed E-state index contributed by atoms with van der Waals surface area (Å²) in [5.74, 6) is -0.138. The van der Waals surface area contributed by atoms with Gasteiger partial charge in [-0.05, 0) is 35.9 Å². The average molecular weight is 302 g/mol. The highest BCUT2D eigenvalue weighted by Gasteiger charge is 1.97. The molecule has 2 nitrogen and oxygen atoms in total. The zero-order chi connectivity index (χ0) is 12.8. The van der Waals surface area contributed by atoms with Crippen molar-refractivity contribution in [2.75, 3.05) is 5.32 Å². The second-order valence-electron chi connectivity index (χ2n) is 3.74. The van der Waals surface area contributed by atoms with E-state index in [0.717, 1.165) is 15.7 Å². The third kappa shape index (κ3) is 3.86. The van der Waals surface area contributed by atoms with Gasteiger partial charge in [0, 0.05) is 16.2 Å². The lowest BCUT2D eigenvalue weighted by atomic mass is 10.2. The van der Waals surface area contributed by atoms with E-state index >= 15 is 0 Å². The van der Waals surface area contributed by atoms with Crippen molar-refractivity contribution in [1.29, 1.82) is 0 Å². The van der Waals surface area contributed by atoms with Crippen molar-refractivity contribution in [3.05, 3.63) is 70.7 Å². The number of anilines is 1. The molecule has 0 spiro atoms. The topological polar surface area (TPSA) is 29.1 Å². The second kappa shape index (κ2) is 6.17. The molecular formula is C15H12BrNO. The van der Waals surface area contributed by atoms with Crippen LogP contribution in [-0.4, -0.2) is 5.91 Å². The lowest BCUT2D eigenvalue weighted by Gasteiger charge is -2.01. The normalized spacial score (nSPS) is 10.5. The van der Waals surface area contributed by atoms with Crippen LogP contribution in [0.25, 0.3) is 6.08 Å². The lowest BCUT2D eigenvalue weighted by Crippen LogP contribution is -2.07. The van der Waals surface area contributed by atoms with Gasteiger partial charge in [0.2, 0.25) is 5.91 Å². The van der Waals surface area contributed by atoms with Crippen LogP contribution >= 0.6 is 15.9 Å². The van der Waals surface area contributed by atoms with Gasteiger partial charge in [-0.1, -0.05) is 46.3 Å². The molecule has 90 valence electrons. The summed E-state index contributed by atoms with van der Waals surface area (Å²) in [5.41, 5.74) is 1.78. The summed E-state index contributed by atoms with van der Waals surface area (Å²) in [6, 6.07) is 17.2. The van der Waals surface area contributed by atoms with Crippen molar-refractivity contribution in [1.82, 2.24) is 0 Å². The van der Waals surface area contributed by atoms with E-state index in [1.54, 1.807) is 6.08 Å². The highest BCUT2D eigenvalue weighted by Crippen LogP contribution is 2.14. The molecule has 0 saturated carbocycles. The summed E-state index contributed by atoms with van der Waals surface area (Å²) in [6.07, 6.45) is 3.31. The maximum atomic E-state index is 11.7. The molecular weight excluding hydrogens is 290 g/mol. The first-order chi connectivity index (χ1) is 8.74. The smallest absolute Gasteiger partial charge is 0.248 e. The summed E-state index contributed by atoms with van der Waals surface area (Å²) in [7, 11) is 0. The Morgan fingerprint density at radius 2 is 1.67 bits per heavy atom. The van der Waals surface area contributed by atoms with Crippen LogP contribution in [-0.2, 0) is 4.79 Å². The molecule has 2 aromatic carbocycles. The van der Waals surface area contributed by atoms with E-state index < -0.39 is 0 Å². The van der Waals surface area contributed by atoms with E-state index in [-0.39, 0.29) is 5.91 Å². The van der Waals surface area contributed by atoms with Crippen molar-refractivity contribution in [3.8, 4) is 0 Å². The molecule has 0 aliphatic rings. The van der Waals surface area contributed by atoms with E-state index in [9.17, 15) is 4.79 Å². The van der Waals surface area contributed by atoms with Crippen molar-refractivity contribution >= 4 is 33.6 Å². The SMILES string of the molecule is O=C(C=Cc1ccccc1)Nc1ccc(Br)cc1. The molecule has 0 bridgehead atoms. The van der Waals surface area contributed by atoms with Gasteiger partial charge < -0.3 is 5.32 Å². The zero-order valence-corrected chi connectivity index (χ0v) is 11.2. The third-order valence-electron chi connectivity index (χ3n) is 2.34. The second-order valence-corrected chi connectivity index (χ2v) is 4.66. The number of carbonyl (C=O) groups is 1. The van der Waals surface area contributed by atoms with Gasteiger partial charge >= 0.3 is 0 Å². The highest BCUT2D eigenvalue weighted by molar-refractivity contribution is 9.10. The Balaban J connectivity index is 1.97. The number of nitrogens with one attached hydrogen (secondary N) is 1. The predicted molar refractivity (Wildman–Crippen MR) is 78.2 cm³/mol. The Labute approximate surface area is 114 Å². The Morgan fingerprint density at radius 3 is 2.33 bits per heavy atom. The number of amides is 1. The summed E-state index contributed by atoms with van der Waals surface area (Å²) in [6.45, 7) is 0. The van der Waals surface area contributed by atoms with Crippen molar-refractivity contribution in [2.45, 2.75) is 0 Å². The minimum atomic E-state index is -0.138. The number of hydrogen-bond donors (Lipinski definition) is 1. The molecule has 1 amide bonds. The largest absolute Gasteiger partial charge is 0.323 e. The number of halogens is 1. The molecule has 0 fully saturated rings. The lowest BCUT2D eigenvalue weighted by molar-refractivity contribution is -0.111. The van der Waals surface area contributed by atoms with Gasteiger partial charge in [0.05, 0.1) is 0 Å². The van der Waals surface area contributed by atoms with Crippen LogP contribution in [0, 0.1) is 0 Å². The van der Waals surface area contributed by atoms with Crippen LogP contribution in [0.15, 0.2) is 65.1 Å². The van der Waals surface area contributed by atoms with Crippen LogP contribution in [0.1, 0.15) is 5.56 Å². The highest BCUT2D eigenvalue weighted by atomic mass is 79.9. The zero-order valence-electron chi connectivity index (χ0n) is 9.64. The quantitative estimate of drug-likeness (QED) is 0.850. The molecule has 0 saturated heterocycles. The van der Waals surface area contributed by atoms with Gasteiger partial charge in [0.25, 0.3) is 0 Å². The molecule has 0 atom stereocenters. The fourth-order valence-electron chi connectivity index (χ4n) is 1.45. The molecule has 2 aromatic rings. The number of rotatable bonds is 3. The van der Waals surface area contributed by atoms with E-state index in [1.165, 1.54) is 6.08 Å². The van der Waals surface area contributed by atoms with Crippen molar-refractivity contribution < 1.29 is 4.79 Å². The minimum Gasteiger partial charge on any atom is -0.323 e. The molecule has 18 heavy (non-hydrogen) atoms. The monoisotopic (exact) mass is 301 g/mol. The maximum Gasteiger partial charge on any atom is 0.248 e. The standard InChI is InChI=1S/C15H12BrNO/c16-13-7-9-14(10-8-13)17-15(18)11-6-12-4-2-1-3-5-12/h1-11H,(H,17,18). The number of benzene rings is 2. The van der Waals surface area contributed by atoms with E-state index in [1.807, 2.05) is 54.6 Å². The molecule has 0 heterocycles. The molecule has 0 aliphatic heterocycles. The van der Waals surface area contributed by atoms with Gasteiger partial charge in [-0.2, -0.15) is 0 Å². The molecule has 2 rings (SSSR count). The Hall–Kier alpha value is -1.87. The number of hydrogen-bond acceptors (Lipinski definition) is 1. The van der Waals surface area contributed by atoms with Gasteiger partial charge in [-0.15, -0.1) is 0 Å². The fraction of sp³-hybridized carbons (Fsp3) is 0. The molecule has 0 radical (unpaired) electrons. The maximum absolute atomic E-state index is 11.7. The first kappa shape index (κ1) is 12.6. The summed E-state index contributed by atoms with van der Waals surface area (Å²) in [4.78, 5) is 11.7. The molecule has 0 aliphatic carbocycles. The molecule has 0 unspecified atom stereocenters.